The molecule has 0 bridgehead atoms. The average Bonchev–Trinajstić information content (AvgIpc) is 2.92. The molecule has 0 aliphatic rings. The molecule has 0 spiro atoms. The molecule has 22 heavy (non-hydrogen) atoms. The van der Waals surface area contributed by atoms with Crippen molar-refractivity contribution in [3.63, 3.8) is 0 Å². The number of pyridine rings is 1. The van der Waals surface area contributed by atoms with Crippen molar-refractivity contribution in [1.82, 2.24) is 19.7 Å². The van der Waals surface area contributed by atoms with Crippen molar-refractivity contribution in [3.8, 4) is 0 Å². The molecule has 5 heteroatoms. The van der Waals surface area contributed by atoms with Crippen LogP contribution >= 0.6 is 0 Å². The Morgan fingerprint density at radius 1 is 1.27 bits per heavy atom. The number of carbonyl (C=O) groups is 1. The summed E-state index contributed by atoms with van der Waals surface area (Å²) in [4.78, 5) is 18.6. The number of hydrogen-bond acceptors (Lipinski definition) is 3. The predicted octanol–water partition coefficient (Wildman–Crippen LogP) is 2.17. The summed E-state index contributed by atoms with van der Waals surface area (Å²) in [7, 11) is 3.68. The van der Waals surface area contributed by atoms with Crippen LogP contribution in [-0.2, 0) is 24.8 Å². The smallest absolute Gasteiger partial charge is 0.227 e. The number of amides is 1. The number of carbonyl (C=O) groups excluding carboxylic acids is 1. The van der Waals surface area contributed by atoms with Gasteiger partial charge in [0.1, 0.15) is 0 Å². The summed E-state index contributed by atoms with van der Waals surface area (Å²) in [6, 6.07) is 9.85. The second-order valence-corrected chi connectivity index (χ2v) is 5.44. The van der Waals surface area contributed by atoms with E-state index in [0.29, 0.717) is 13.0 Å². The number of aryl methyl sites for hydroxylation is 1. The minimum absolute atomic E-state index is 0.0713. The first-order valence-corrected chi connectivity index (χ1v) is 7.17. The molecule has 1 aromatic carbocycles. The zero-order chi connectivity index (χ0) is 15.5. The number of nitrogens with zero attached hydrogens (tertiary/aromatic N) is 4. The van der Waals surface area contributed by atoms with Gasteiger partial charge in [0.2, 0.25) is 5.91 Å². The van der Waals surface area contributed by atoms with E-state index in [0.717, 1.165) is 22.0 Å². The fourth-order valence-corrected chi connectivity index (χ4v) is 2.52. The van der Waals surface area contributed by atoms with Gasteiger partial charge in [-0.2, -0.15) is 5.10 Å². The van der Waals surface area contributed by atoms with Crippen molar-refractivity contribution >= 4 is 16.8 Å². The lowest BCUT2D eigenvalue weighted by Crippen LogP contribution is -2.27. The van der Waals surface area contributed by atoms with Crippen LogP contribution in [0, 0.1) is 0 Å². The van der Waals surface area contributed by atoms with Gasteiger partial charge in [0.05, 0.1) is 18.1 Å². The summed E-state index contributed by atoms with van der Waals surface area (Å²) >= 11 is 0. The van der Waals surface area contributed by atoms with Crippen LogP contribution in [0.2, 0.25) is 0 Å². The summed E-state index contributed by atoms with van der Waals surface area (Å²) in [6.07, 6.45) is 5.81. The van der Waals surface area contributed by atoms with Crippen molar-refractivity contribution in [1.29, 1.82) is 0 Å². The van der Waals surface area contributed by atoms with Crippen molar-refractivity contribution in [2.45, 2.75) is 13.0 Å². The molecular weight excluding hydrogens is 276 g/mol. The molecule has 0 aliphatic carbocycles. The Morgan fingerprint density at radius 2 is 2.09 bits per heavy atom. The number of fused-ring (bicyclic) bond motifs is 1. The van der Waals surface area contributed by atoms with E-state index in [2.05, 4.69) is 10.1 Å². The maximum Gasteiger partial charge on any atom is 0.227 e. The van der Waals surface area contributed by atoms with Crippen LogP contribution < -0.4 is 0 Å². The van der Waals surface area contributed by atoms with Gasteiger partial charge in [-0.3, -0.25) is 14.5 Å². The van der Waals surface area contributed by atoms with Crippen LogP contribution in [0.3, 0.4) is 0 Å². The molecule has 0 fully saturated rings. The van der Waals surface area contributed by atoms with Crippen molar-refractivity contribution in [2.24, 2.45) is 7.05 Å². The van der Waals surface area contributed by atoms with Crippen molar-refractivity contribution in [2.75, 3.05) is 7.05 Å². The summed E-state index contributed by atoms with van der Waals surface area (Å²) in [5, 5.41) is 5.18. The van der Waals surface area contributed by atoms with E-state index in [1.807, 2.05) is 50.6 Å². The Morgan fingerprint density at radius 3 is 2.86 bits per heavy atom. The first-order valence-electron chi connectivity index (χ1n) is 7.17. The van der Waals surface area contributed by atoms with Crippen LogP contribution in [-0.4, -0.2) is 32.6 Å². The van der Waals surface area contributed by atoms with E-state index in [1.165, 1.54) is 0 Å². The highest BCUT2D eigenvalue weighted by molar-refractivity contribution is 5.87. The zero-order valence-corrected chi connectivity index (χ0v) is 12.7. The van der Waals surface area contributed by atoms with Gasteiger partial charge in [-0.05, 0) is 11.6 Å². The molecule has 3 aromatic rings. The minimum Gasteiger partial charge on any atom is -0.341 e. The molecule has 112 valence electrons. The van der Waals surface area contributed by atoms with Gasteiger partial charge >= 0.3 is 0 Å². The molecule has 2 heterocycles. The van der Waals surface area contributed by atoms with E-state index >= 15 is 0 Å². The molecule has 5 nitrogen and oxygen atoms in total. The number of rotatable bonds is 4. The van der Waals surface area contributed by atoms with Crippen LogP contribution in [0.5, 0.6) is 0 Å². The third-order valence-corrected chi connectivity index (χ3v) is 3.66. The van der Waals surface area contributed by atoms with Gasteiger partial charge in [-0.1, -0.05) is 24.3 Å². The second-order valence-electron chi connectivity index (χ2n) is 5.44. The third kappa shape index (κ3) is 2.98. The lowest BCUT2D eigenvalue weighted by atomic mass is 10.1. The highest BCUT2D eigenvalue weighted by atomic mass is 16.2. The van der Waals surface area contributed by atoms with Gasteiger partial charge in [-0.25, -0.2) is 0 Å². The molecule has 0 atom stereocenters. The van der Waals surface area contributed by atoms with E-state index in [-0.39, 0.29) is 5.91 Å². The Kier molecular flexibility index (Phi) is 3.87. The molecule has 0 radical (unpaired) electrons. The zero-order valence-electron chi connectivity index (χ0n) is 12.7. The molecule has 0 unspecified atom stereocenters. The lowest BCUT2D eigenvalue weighted by Gasteiger charge is -2.16. The van der Waals surface area contributed by atoms with Crippen LogP contribution in [0.15, 0.2) is 48.9 Å². The van der Waals surface area contributed by atoms with Crippen LogP contribution in [0.4, 0.5) is 0 Å². The fourth-order valence-electron chi connectivity index (χ4n) is 2.52. The molecule has 1 amide bonds. The molecule has 2 aromatic heterocycles. The molecule has 0 saturated carbocycles. The van der Waals surface area contributed by atoms with E-state index in [1.54, 1.807) is 22.0 Å². The maximum atomic E-state index is 12.4. The first kappa shape index (κ1) is 14.3. The highest BCUT2D eigenvalue weighted by Crippen LogP contribution is 2.17. The molecule has 3 rings (SSSR count). The molecular formula is C17H18N4O. The number of para-hydroxylation sites is 1. The number of benzene rings is 1. The van der Waals surface area contributed by atoms with E-state index in [4.69, 9.17) is 0 Å². The normalized spacial score (nSPS) is 10.8. The maximum absolute atomic E-state index is 12.4. The van der Waals surface area contributed by atoms with Gasteiger partial charge in [0.15, 0.2) is 0 Å². The fraction of sp³-hybridized carbons (Fsp3) is 0.235. The number of hydrogen-bond donors (Lipinski definition) is 0. The highest BCUT2D eigenvalue weighted by Gasteiger charge is 2.13. The summed E-state index contributed by atoms with van der Waals surface area (Å²) < 4.78 is 1.74. The van der Waals surface area contributed by atoms with E-state index in [9.17, 15) is 4.79 Å². The first-order chi connectivity index (χ1) is 10.6. The predicted molar refractivity (Wildman–Crippen MR) is 85.1 cm³/mol. The van der Waals surface area contributed by atoms with Crippen molar-refractivity contribution < 1.29 is 4.79 Å². The summed E-state index contributed by atoms with van der Waals surface area (Å²) in [5.41, 5.74) is 2.88. The minimum atomic E-state index is 0.0713. The standard InChI is InChI=1S/C17H18N4O/c1-20(11-13-10-19-21(2)12-13)16(22)9-15-6-3-5-14-7-4-8-18-17(14)15/h3-8,10,12H,9,11H2,1-2H3. The Hall–Kier alpha value is -2.69. The second kappa shape index (κ2) is 5.97. The largest absolute Gasteiger partial charge is 0.341 e. The molecule has 0 aliphatic heterocycles. The van der Waals surface area contributed by atoms with E-state index < -0.39 is 0 Å². The van der Waals surface area contributed by atoms with Crippen LogP contribution in [0.1, 0.15) is 11.1 Å². The van der Waals surface area contributed by atoms with Gasteiger partial charge < -0.3 is 4.90 Å². The quantitative estimate of drug-likeness (QED) is 0.741. The third-order valence-electron chi connectivity index (χ3n) is 3.66. The molecule has 0 saturated heterocycles. The van der Waals surface area contributed by atoms with Gasteiger partial charge in [-0.15, -0.1) is 0 Å². The lowest BCUT2D eigenvalue weighted by molar-refractivity contribution is -0.129. The molecule has 0 N–H and O–H groups in total. The Balaban J connectivity index is 1.75. The Bertz CT molecular complexity index is 804. The monoisotopic (exact) mass is 294 g/mol. The average molecular weight is 294 g/mol. The number of likely N-dealkylation sites (N-methyl/N-ethyl adjacent to an activating group) is 1. The summed E-state index contributed by atoms with van der Waals surface area (Å²) in [6.45, 7) is 0.560. The summed E-state index contributed by atoms with van der Waals surface area (Å²) in [5.74, 6) is 0.0713. The Labute approximate surface area is 129 Å². The SMILES string of the molecule is CN(Cc1cnn(C)c1)C(=O)Cc1cccc2cccnc12. The van der Waals surface area contributed by atoms with Crippen LogP contribution in [0.25, 0.3) is 10.9 Å². The van der Waals surface area contributed by atoms with Gasteiger partial charge in [0, 0.05) is 44.0 Å². The number of aromatic nitrogens is 3. The van der Waals surface area contributed by atoms with Gasteiger partial charge in [0.25, 0.3) is 0 Å². The van der Waals surface area contributed by atoms with Crippen molar-refractivity contribution in [3.05, 3.63) is 60.0 Å². The topological polar surface area (TPSA) is 51.0 Å².